The third kappa shape index (κ3) is 7.44. The van der Waals surface area contributed by atoms with Gasteiger partial charge in [-0.3, -0.25) is 38.8 Å². The summed E-state index contributed by atoms with van der Waals surface area (Å²) in [7, 11) is 0. The van der Waals surface area contributed by atoms with Gasteiger partial charge >= 0.3 is 17.9 Å². The Hall–Kier alpha value is -4.16. The van der Waals surface area contributed by atoms with Gasteiger partial charge in [-0.2, -0.15) is 0 Å². The molecule has 43 heavy (non-hydrogen) atoms. The molecular weight excluding hydrogens is 552 g/mol. The van der Waals surface area contributed by atoms with Crippen LogP contribution < -0.4 is 0 Å². The predicted molar refractivity (Wildman–Crippen MR) is 161 cm³/mol. The van der Waals surface area contributed by atoms with Crippen molar-refractivity contribution in [2.24, 2.45) is 0 Å². The molecule has 3 aromatic rings. The van der Waals surface area contributed by atoms with Crippen LogP contribution in [0, 0.1) is 0 Å². The van der Waals surface area contributed by atoms with E-state index in [4.69, 9.17) is 0 Å². The third-order valence-corrected chi connectivity index (χ3v) is 8.20. The van der Waals surface area contributed by atoms with Gasteiger partial charge < -0.3 is 15.3 Å². The molecule has 1 fully saturated rings. The Balaban J connectivity index is 1.34. The number of benzene rings is 3. The van der Waals surface area contributed by atoms with Crippen molar-refractivity contribution in [1.29, 1.82) is 0 Å². The second kappa shape index (κ2) is 13.4. The summed E-state index contributed by atoms with van der Waals surface area (Å²) in [5.74, 6) is -3.04. The van der Waals surface area contributed by atoms with E-state index >= 15 is 0 Å². The highest BCUT2D eigenvalue weighted by molar-refractivity contribution is 6.16. The molecule has 3 N–H and O–H groups in total. The Morgan fingerprint density at radius 1 is 0.512 bits per heavy atom. The molecule has 0 atom stereocenters. The summed E-state index contributed by atoms with van der Waals surface area (Å²) in [6.45, 7) is 2.30. The van der Waals surface area contributed by atoms with Gasteiger partial charge in [-0.05, 0) is 39.1 Å². The molecule has 0 saturated carbocycles. The van der Waals surface area contributed by atoms with Crippen molar-refractivity contribution in [3.05, 3.63) is 60.2 Å². The minimum atomic E-state index is -1.00. The first-order chi connectivity index (χ1) is 20.7. The SMILES string of the molecule is O=C(O)CN1CCN(CC(=O)O)CCN(CC(=O)c2ccc3c(c2)-c2cccc4cccc-3c24)CCN(CC(=O)O)CC1. The number of carboxylic acids is 3. The highest BCUT2D eigenvalue weighted by atomic mass is 16.4. The minimum Gasteiger partial charge on any atom is -0.480 e. The molecule has 1 aliphatic heterocycles. The normalized spacial score (nSPS) is 17.2. The Kier molecular flexibility index (Phi) is 9.46. The zero-order valence-corrected chi connectivity index (χ0v) is 23.9. The lowest BCUT2D eigenvalue weighted by Gasteiger charge is -2.32. The van der Waals surface area contributed by atoms with Crippen molar-refractivity contribution >= 4 is 34.5 Å². The topological polar surface area (TPSA) is 142 Å². The van der Waals surface area contributed by atoms with Gasteiger partial charge in [0.05, 0.1) is 26.2 Å². The lowest BCUT2D eigenvalue weighted by molar-refractivity contribution is -0.140. The van der Waals surface area contributed by atoms with E-state index in [1.165, 1.54) is 5.39 Å². The van der Waals surface area contributed by atoms with Crippen molar-refractivity contribution in [1.82, 2.24) is 19.6 Å². The maximum absolute atomic E-state index is 13.6. The Morgan fingerprint density at radius 2 is 0.930 bits per heavy atom. The summed E-state index contributed by atoms with van der Waals surface area (Å²) < 4.78 is 0. The molecule has 226 valence electrons. The molecule has 11 nitrogen and oxygen atoms in total. The quantitative estimate of drug-likeness (QED) is 0.248. The molecule has 0 spiro atoms. The van der Waals surface area contributed by atoms with Crippen LogP contribution in [0.4, 0.5) is 0 Å². The molecule has 5 rings (SSSR count). The van der Waals surface area contributed by atoms with Crippen LogP contribution in [0.2, 0.25) is 0 Å². The van der Waals surface area contributed by atoms with E-state index in [0.717, 1.165) is 27.6 Å². The van der Waals surface area contributed by atoms with Crippen LogP contribution in [0.5, 0.6) is 0 Å². The van der Waals surface area contributed by atoms with Crippen molar-refractivity contribution in [3.63, 3.8) is 0 Å². The van der Waals surface area contributed by atoms with Crippen molar-refractivity contribution in [2.45, 2.75) is 0 Å². The summed E-state index contributed by atoms with van der Waals surface area (Å²) in [6, 6.07) is 18.2. The van der Waals surface area contributed by atoms with E-state index in [2.05, 4.69) is 24.3 Å². The number of ketones is 1. The number of carboxylic acid groups (broad SMARTS) is 3. The number of aliphatic carboxylic acids is 3. The van der Waals surface area contributed by atoms with E-state index < -0.39 is 17.9 Å². The molecule has 0 amide bonds. The molecule has 1 aliphatic carbocycles. The van der Waals surface area contributed by atoms with Crippen molar-refractivity contribution in [2.75, 3.05) is 78.5 Å². The molecule has 0 radical (unpaired) electrons. The molecule has 0 unspecified atom stereocenters. The van der Waals surface area contributed by atoms with Crippen LogP contribution in [-0.4, -0.2) is 137 Å². The number of rotatable bonds is 9. The standard InChI is InChI=1S/C32H36N4O7/c37-28(23-7-8-24-25-5-1-3-22-4-2-6-26(32(22)25)27(24)17-23)18-33-9-11-34(19-29(38)39)13-15-36(21-31(42)43)16-14-35(12-10-33)20-30(40)41/h1-8,17H,9-16,18-21H2,(H,38,39)(H,40,41)(H,42,43). The second-order valence-electron chi connectivity index (χ2n) is 11.2. The van der Waals surface area contributed by atoms with Crippen molar-refractivity contribution in [3.8, 4) is 22.3 Å². The Labute approximate surface area is 249 Å². The Bertz CT molecular complexity index is 1500. The monoisotopic (exact) mass is 588 g/mol. The molecule has 0 bridgehead atoms. The Morgan fingerprint density at radius 3 is 1.37 bits per heavy atom. The number of hydrogen-bond donors (Lipinski definition) is 3. The molecule has 11 heteroatoms. The first-order valence-electron chi connectivity index (χ1n) is 14.4. The van der Waals surface area contributed by atoms with Crippen LogP contribution in [0.1, 0.15) is 10.4 Å². The summed E-state index contributed by atoms with van der Waals surface area (Å²) in [5, 5.41) is 30.6. The van der Waals surface area contributed by atoms with E-state index in [9.17, 15) is 34.5 Å². The maximum Gasteiger partial charge on any atom is 0.317 e. The fraction of sp³-hybridized carbons (Fsp3) is 0.375. The average molecular weight is 589 g/mol. The highest BCUT2D eigenvalue weighted by Gasteiger charge is 2.24. The van der Waals surface area contributed by atoms with Gasteiger partial charge in [-0.1, -0.05) is 48.5 Å². The number of Topliss-reactive ketones (excluding diaryl/α,β-unsaturated/α-hetero) is 1. The molecule has 1 saturated heterocycles. The number of carbonyl (C=O) groups is 4. The van der Waals surface area contributed by atoms with Crippen LogP contribution in [0.3, 0.4) is 0 Å². The summed E-state index contributed by atoms with van der Waals surface area (Å²) in [6.07, 6.45) is 0. The number of nitrogens with zero attached hydrogens (tertiary/aromatic N) is 4. The number of fused-ring (bicyclic) bond motifs is 3. The van der Waals surface area contributed by atoms with Gasteiger partial charge in [0.1, 0.15) is 0 Å². The third-order valence-electron chi connectivity index (χ3n) is 8.20. The number of carbonyl (C=O) groups excluding carboxylic acids is 1. The zero-order valence-electron chi connectivity index (χ0n) is 23.9. The first kappa shape index (κ1) is 30.3. The summed E-state index contributed by atoms with van der Waals surface area (Å²) in [4.78, 5) is 55.3. The van der Waals surface area contributed by atoms with Gasteiger partial charge in [0.25, 0.3) is 0 Å². The smallest absolute Gasteiger partial charge is 0.317 e. The van der Waals surface area contributed by atoms with Gasteiger partial charge in [0, 0.05) is 57.9 Å². The maximum atomic E-state index is 13.6. The van der Waals surface area contributed by atoms with Crippen LogP contribution in [-0.2, 0) is 14.4 Å². The minimum absolute atomic E-state index is 0.0692. The highest BCUT2D eigenvalue weighted by Crippen LogP contribution is 2.47. The molecule has 2 aliphatic rings. The van der Waals surface area contributed by atoms with Crippen LogP contribution >= 0.6 is 0 Å². The van der Waals surface area contributed by atoms with Gasteiger partial charge in [0.2, 0.25) is 0 Å². The van der Waals surface area contributed by atoms with Crippen LogP contribution in [0.25, 0.3) is 33.0 Å². The fourth-order valence-corrected chi connectivity index (χ4v) is 6.04. The molecular formula is C32H36N4O7. The lowest BCUT2D eigenvalue weighted by atomic mass is 9.99. The fourth-order valence-electron chi connectivity index (χ4n) is 6.04. The van der Waals surface area contributed by atoms with Gasteiger partial charge in [-0.25, -0.2) is 0 Å². The largest absolute Gasteiger partial charge is 0.480 e. The van der Waals surface area contributed by atoms with Crippen LogP contribution in [0.15, 0.2) is 54.6 Å². The average Bonchev–Trinajstić information content (AvgIpc) is 3.28. The summed E-state index contributed by atoms with van der Waals surface area (Å²) >= 11 is 0. The van der Waals surface area contributed by atoms with E-state index in [-0.39, 0.29) is 32.0 Å². The van der Waals surface area contributed by atoms with E-state index in [0.29, 0.717) is 57.9 Å². The predicted octanol–water partition coefficient (Wildman–Crippen LogP) is 2.15. The zero-order chi connectivity index (χ0) is 30.5. The molecule has 3 aromatic carbocycles. The van der Waals surface area contributed by atoms with E-state index in [1.807, 2.05) is 35.2 Å². The van der Waals surface area contributed by atoms with Gasteiger partial charge in [-0.15, -0.1) is 0 Å². The van der Waals surface area contributed by atoms with Crippen molar-refractivity contribution < 1.29 is 34.5 Å². The van der Waals surface area contributed by atoms with Gasteiger partial charge in [0.15, 0.2) is 5.78 Å². The second-order valence-corrected chi connectivity index (χ2v) is 11.2. The first-order valence-corrected chi connectivity index (χ1v) is 14.4. The molecule has 0 aromatic heterocycles. The lowest BCUT2D eigenvalue weighted by Crippen LogP contribution is -2.49. The van der Waals surface area contributed by atoms with E-state index in [1.54, 1.807) is 14.7 Å². The number of hydrogen-bond acceptors (Lipinski definition) is 8. The molecule has 1 heterocycles. The summed E-state index contributed by atoms with van der Waals surface area (Å²) in [5.41, 5.74) is 4.97.